The van der Waals surface area contributed by atoms with Crippen molar-refractivity contribution in [3.63, 3.8) is 0 Å². The zero-order valence-electron chi connectivity index (χ0n) is 11.7. The normalized spacial score (nSPS) is 18.6. The third-order valence-corrected chi connectivity index (χ3v) is 2.98. The van der Waals surface area contributed by atoms with Crippen molar-refractivity contribution >= 4 is 23.8 Å². The van der Waals surface area contributed by atoms with E-state index in [-0.39, 0.29) is 25.3 Å². The molecular weight excluding hydrogens is 266 g/mol. The van der Waals surface area contributed by atoms with E-state index in [1.807, 2.05) is 0 Å². The van der Waals surface area contributed by atoms with Gasteiger partial charge in [0.25, 0.3) is 5.91 Å². The zero-order valence-corrected chi connectivity index (χ0v) is 11.7. The van der Waals surface area contributed by atoms with Crippen LogP contribution in [0.5, 0.6) is 0 Å². The Bertz CT molecular complexity index is 446. The first-order valence-corrected chi connectivity index (χ1v) is 6.31. The molecule has 1 atom stereocenters. The molecule has 0 aliphatic carbocycles. The number of urea groups is 1. The molecule has 0 spiro atoms. The van der Waals surface area contributed by atoms with Gasteiger partial charge in [0, 0.05) is 13.0 Å². The van der Waals surface area contributed by atoms with E-state index in [4.69, 9.17) is 5.11 Å². The Morgan fingerprint density at radius 2 is 2.00 bits per heavy atom. The average Bonchev–Trinajstić information content (AvgIpc) is 2.50. The van der Waals surface area contributed by atoms with Crippen LogP contribution >= 0.6 is 0 Å². The molecule has 0 saturated carbocycles. The minimum atomic E-state index is -1.12. The first-order chi connectivity index (χ1) is 9.15. The molecule has 0 radical (unpaired) electrons. The van der Waals surface area contributed by atoms with E-state index in [0.717, 1.165) is 4.90 Å². The number of hydrogen-bond acceptors (Lipinski definition) is 4. The van der Waals surface area contributed by atoms with Crippen molar-refractivity contribution in [2.75, 3.05) is 6.54 Å². The van der Waals surface area contributed by atoms with Crippen LogP contribution in [0.25, 0.3) is 0 Å². The van der Waals surface area contributed by atoms with Crippen LogP contribution in [-0.2, 0) is 14.4 Å². The Morgan fingerprint density at radius 1 is 1.40 bits per heavy atom. The summed E-state index contributed by atoms with van der Waals surface area (Å²) >= 11 is 0. The first-order valence-electron chi connectivity index (χ1n) is 6.31. The molecule has 1 aliphatic rings. The highest BCUT2D eigenvalue weighted by atomic mass is 16.4. The molecule has 8 nitrogen and oxygen atoms in total. The summed E-state index contributed by atoms with van der Waals surface area (Å²) in [6.45, 7) is 4.70. The zero-order chi connectivity index (χ0) is 15.5. The Balaban J connectivity index is 2.38. The predicted octanol–water partition coefficient (Wildman–Crippen LogP) is -0.314. The summed E-state index contributed by atoms with van der Waals surface area (Å²) in [5.74, 6) is -1.87. The van der Waals surface area contributed by atoms with Crippen molar-refractivity contribution < 1.29 is 24.3 Å². The van der Waals surface area contributed by atoms with Gasteiger partial charge in [0.2, 0.25) is 5.91 Å². The summed E-state index contributed by atoms with van der Waals surface area (Å²) in [6, 6.07) is -1.43. The van der Waals surface area contributed by atoms with Crippen LogP contribution in [0.15, 0.2) is 0 Å². The van der Waals surface area contributed by atoms with E-state index >= 15 is 0 Å². The third kappa shape index (κ3) is 3.69. The van der Waals surface area contributed by atoms with Gasteiger partial charge in [-0.25, -0.2) is 4.79 Å². The largest absolute Gasteiger partial charge is 0.480 e. The van der Waals surface area contributed by atoms with Gasteiger partial charge in [0.15, 0.2) is 0 Å². The molecule has 1 heterocycles. The molecule has 1 fully saturated rings. The summed E-state index contributed by atoms with van der Waals surface area (Å²) in [5, 5.41) is 13.5. The number of rotatable bonds is 6. The Kier molecular flexibility index (Phi) is 4.69. The number of nitrogens with zero attached hydrogens (tertiary/aromatic N) is 1. The lowest BCUT2D eigenvalue weighted by atomic mass is 10.1. The molecule has 4 amide bonds. The topological polar surface area (TPSA) is 116 Å². The highest BCUT2D eigenvalue weighted by molar-refractivity contribution is 6.06. The van der Waals surface area contributed by atoms with Crippen LogP contribution in [0.4, 0.5) is 4.79 Å². The SMILES string of the molecule is C[C@@H](NC(=O)CCCN1C(=O)NC(C)(C)C1=O)C(=O)O. The van der Waals surface area contributed by atoms with Crippen molar-refractivity contribution in [1.29, 1.82) is 0 Å². The van der Waals surface area contributed by atoms with Crippen molar-refractivity contribution in [2.24, 2.45) is 0 Å². The van der Waals surface area contributed by atoms with E-state index in [2.05, 4.69) is 10.6 Å². The van der Waals surface area contributed by atoms with Crippen LogP contribution in [0, 0.1) is 0 Å². The van der Waals surface area contributed by atoms with Gasteiger partial charge in [0.1, 0.15) is 11.6 Å². The van der Waals surface area contributed by atoms with Gasteiger partial charge in [-0.3, -0.25) is 19.3 Å². The van der Waals surface area contributed by atoms with Gasteiger partial charge in [-0.1, -0.05) is 0 Å². The summed E-state index contributed by atoms with van der Waals surface area (Å²) in [4.78, 5) is 46.5. The molecule has 0 aromatic carbocycles. The van der Waals surface area contributed by atoms with Crippen LogP contribution in [-0.4, -0.2) is 51.9 Å². The Morgan fingerprint density at radius 3 is 2.45 bits per heavy atom. The minimum absolute atomic E-state index is 0.0507. The highest BCUT2D eigenvalue weighted by Crippen LogP contribution is 2.16. The summed E-state index contributed by atoms with van der Waals surface area (Å²) < 4.78 is 0. The van der Waals surface area contributed by atoms with E-state index in [0.29, 0.717) is 0 Å². The molecular formula is C12H19N3O5. The summed E-state index contributed by atoms with van der Waals surface area (Å²) in [7, 11) is 0. The fraction of sp³-hybridized carbons (Fsp3) is 0.667. The van der Waals surface area contributed by atoms with Crippen molar-refractivity contribution in [2.45, 2.75) is 45.2 Å². The molecule has 112 valence electrons. The molecule has 1 aliphatic heterocycles. The van der Waals surface area contributed by atoms with Crippen LogP contribution in [0.2, 0.25) is 0 Å². The summed E-state index contributed by atoms with van der Waals surface area (Å²) in [6.07, 6.45) is 0.336. The molecule has 1 rings (SSSR count). The highest BCUT2D eigenvalue weighted by Gasteiger charge is 2.43. The smallest absolute Gasteiger partial charge is 0.325 e. The second-order valence-electron chi connectivity index (χ2n) is 5.24. The van der Waals surface area contributed by atoms with E-state index < -0.39 is 29.5 Å². The Labute approximate surface area is 116 Å². The van der Waals surface area contributed by atoms with Crippen LogP contribution < -0.4 is 10.6 Å². The second-order valence-corrected chi connectivity index (χ2v) is 5.24. The van der Waals surface area contributed by atoms with E-state index in [1.54, 1.807) is 13.8 Å². The molecule has 20 heavy (non-hydrogen) atoms. The quantitative estimate of drug-likeness (QED) is 0.579. The van der Waals surface area contributed by atoms with Crippen molar-refractivity contribution in [3.8, 4) is 0 Å². The number of nitrogens with one attached hydrogen (secondary N) is 2. The number of carboxylic acid groups (broad SMARTS) is 1. The number of aliphatic carboxylic acids is 1. The predicted molar refractivity (Wildman–Crippen MR) is 68.8 cm³/mol. The van der Waals surface area contributed by atoms with Gasteiger partial charge in [-0.05, 0) is 27.2 Å². The fourth-order valence-corrected chi connectivity index (χ4v) is 1.79. The average molecular weight is 285 g/mol. The molecule has 0 unspecified atom stereocenters. The van der Waals surface area contributed by atoms with Gasteiger partial charge < -0.3 is 15.7 Å². The minimum Gasteiger partial charge on any atom is -0.480 e. The lowest BCUT2D eigenvalue weighted by Crippen LogP contribution is -2.40. The standard InChI is InChI=1S/C12H19N3O5/c1-7(9(17)18)13-8(16)5-4-6-15-10(19)12(2,3)14-11(15)20/h7H,4-6H2,1-3H3,(H,13,16)(H,14,20)(H,17,18)/t7-/m1/s1. The lowest BCUT2D eigenvalue weighted by Gasteiger charge is -2.16. The fourth-order valence-electron chi connectivity index (χ4n) is 1.79. The third-order valence-electron chi connectivity index (χ3n) is 2.98. The molecule has 8 heteroatoms. The molecule has 0 aromatic rings. The molecule has 0 aromatic heterocycles. The molecule has 0 bridgehead atoms. The van der Waals surface area contributed by atoms with Crippen LogP contribution in [0.3, 0.4) is 0 Å². The number of carbonyl (C=O) groups excluding carboxylic acids is 3. The second kappa shape index (κ2) is 5.89. The lowest BCUT2D eigenvalue weighted by molar-refractivity contribution is -0.141. The Hall–Kier alpha value is -2.12. The number of imide groups is 1. The van der Waals surface area contributed by atoms with Gasteiger partial charge in [0.05, 0.1) is 0 Å². The monoisotopic (exact) mass is 285 g/mol. The maximum absolute atomic E-state index is 11.8. The van der Waals surface area contributed by atoms with Crippen LogP contribution in [0.1, 0.15) is 33.6 Å². The number of hydrogen-bond donors (Lipinski definition) is 3. The van der Waals surface area contributed by atoms with E-state index in [9.17, 15) is 19.2 Å². The van der Waals surface area contributed by atoms with Gasteiger partial charge in [-0.15, -0.1) is 0 Å². The number of carbonyl (C=O) groups is 4. The van der Waals surface area contributed by atoms with Gasteiger partial charge >= 0.3 is 12.0 Å². The molecule has 1 saturated heterocycles. The van der Waals surface area contributed by atoms with Gasteiger partial charge in [-0.2, -0.15) is 0 Å². The maximum atomic E-state index is 11.8. The maximum Gasteiger partial charge on any atom is 0.325 e. The number of amides is 4. The van der Waals surface area contributed by atoms with Crippen molar-refractivity contribution in [1.82, 2.24) is 15.5 Å². The van der Waals surface area contributed by atoms with E-state index in [1.165, 1.54) is 6.92 Å². The summed E-state index contributed by atoms with van der Waals surface area (Å²) in [5.41, 5.74) is -0.919. The van der Waals surface area contributed by atoms with Crippen molar-refractivity contribution in [3.05, 3.63) is 0 Å². The first kappa shape index (κ1) is 15.9. The molecule has 3 N–H and O–H groups in total. The number of carboxylic acids is 1.